The number of aliphatic hydroxyl groups is 1. The molecule has 9 nitrogen and oxygen atoms in total. The monoisotopic (exact) mass is 433 g/mol. The summed E-state index contributed by atoms with van der Waals surface area (Å²) in [6.45, 7) is 2.55. The van der Waals surface area contributed by atoms with Crippen LogP contribution >= 0.6 is 0 Å². The second-order valence-electron chi connectivity index (χ2n) is 7.90. The minimum absolute atomic E-state index is 0.0229. The lowest BCUT2D eigenvalue weighted by Crippen LogP contribution is -2.15. The fourth-order valence-corrected chi connectivity index (χ4v) is 3.47. The van der Waals surface area contributed by atoms with Crippen molar-refractivity contribution in [3.8, 4) is 11.4 Å². The molecule has 9 heteroatoms. The number of aromatic nitrogens is 4. The average Bonchev–Trinajstić information content (AvgIpc) is 3.37. The quantitative estimate of drug-likeness (QED) is 0.410. The van der Waals surface area contributed by atoms with Crippen LogP contribution in [0.5, 0.6) is 0 Å². The smallest absolute Gasteiger partial charge is 0.274 e. The summed E-state index contributed by atoms with van der Waals surface area (Å²) in [6, 6.07) is 9.41. The maximum Gasteiger partial charge on any atom is 0.274 e. The molecule has 0 aliphatic heterocycles. The summed E-state index contributed by atoms with van der Waals surface area (Å²) in [5, 5.41) is 15.9. The zero-order chi connectivity index (χ0) is 22.1. The fraction of sp³-hybridized carbons (Fsp3) is 0.304. The highest BCUT2D eigenvalue weighted by atomic mass is 16.5. The van der Waals surface area contributed by atoms with E-state index in [0.29, 0.717) is 41.3 Å². The zero-order valence-electron chi connectivity index (χ0n) is 17.6. The zero-order valence-corrected chi connectivity index (χ0v) is 17.6. The molecule has 2 N–H and O–H groups in total. The molecule has 4 aromatic rings. The number of carbonyl (C=O) groups excluding carboxylic acids is 1. The Kier molecular flexibility index (Phi) is 5.42. The third kappa shape index (κ3) is 4.12. The van der Waals surface area contributed by atoms with E-state index < -0.39 is 0 Å². The molecule has 1 aromatic carbocycles. The van der Waals surface area contributed by atoms with E-state index in [9.17, 15) is 4.79 Å². The topological polar surface area (TPSA) is 115 Å². The van der Waals surface area contributed by atoms with Crippen molar-refractivity contribution in [2.24, 2.45) is 0 Å². The molecule has 3 heterocycles. The number of hydrogen-bond acceptors (Lipinski definition) is 7. The van der Waals surface area contributed by atoms with E-state index in [2.05, 4.69) is 20.4 Å². The van der Waals surface area contributed by atoms with Gasteiger partial charge in [0.2, 0.25) is 11.7 Å². The Balaban J connectivity index is 1.35. The van der Waals surface area contributed by atoms with E-state index in [4.69, 9.17) is 14.4 Å². The molecule has 1 aliphatic rings. The van der Waals surface area contributed by atoms with Crippen molar-refractivity contribution < 1.29 is 19.2 Å². The van der Waals surface area contributed by atoms with Gasteiger partial charge >= 0.3 is 0 Å². The SMILES string of the molecule is Cc1ccc(-c2noc(C3CC3)n2)cc1NC(=O)c1cnc2cc(COCCO)ccn12. The van der Waals surface area contributed by atoms with Gasteiger partial charge in [-0.15, -0.1) is 0 Å². The maximum absolute atomic E-state index is 13.0. The summed E-state index contributed by atoms with van der Waals surface area (Å²) in [5.74, 6) is 1.32. The number of carbonyl (C=O) groups is 1. The van der Waals surface area contributed by atoms with E-state index >= 15 is 0 Å². The number of amides is 1. The maximum atomic E-state index is 13.0. The number of ether oxygens (including phenoxy) is 1. The van der Waals surface area contributed by atoms with Crippen LogP contribution in [0.2, 0.25) is 0 Å². The Morgan fingerprint density at radius 3 is 3.00 bits per heavy atom. The number of anilines is 1. The average molecular weight is 433 g/mol. The number of imidazole rings is 1. The highest BCUT2D eigenvalue weighted by Crippen LogP contribution is 2.39. The summed E-state index contributed by atoms with van der Waals surface area (Å²) >= 11 is 0. The van der Waals surface area contributed by atoms with Gasteiger partial charge in [-0.1, -0.05) is 17.3 Å². The van der Waals surface area contributed by atoms with Gasteiger partial charge in [0.25, 0.3) is 5.91 Å². The summed E-state index contributed by atoms with van der Waals surface area (Å²) < 4.78 is 12.4. The first-order valence-electron chi connectivity index (χ1n) is 10.5. The first-order chi connectivity index (χ1) is 15.6. The Hall–Kier alpha value is -3.56. The van der Waals surface area contributed by atoms with Crippen LogP contribution in [0.15, 0.2) is 47.2 Å². The lowest BCUT2D eigenvalue weighted by atomic mass is 10.1. The van der Waals surface area contributed by atoms with E-state index in [1.165, 1.54) is 0 Å². The number of pyridine rings is 1. The number of aryl methyl sites for hydroxylation is 1. The number of benzene rings is 1. The van der Waals surface area contributed by atoms with E-state index in [1.54, 1.807) is 16.8 Å². The Morgan fingerprint density at radius 1 is 1.31 bits per heavy atom. The predicted molar refractivity (Wildman–Crippen MR) is 116 cm³/mol. The van der Waals surface area contributed by atoms with E-state index in [1.807, 2.05) is 37.3 Å². The molecule has 1 amide bonds. The van der Waals surface area contributed by atoms with Gasteiger partial charge in [0.1, 0.15) is 11.3 Å². The van der Waals surface area contributed by atoms with Crippen LogP contribution in [-0.2, 0) is 11.3 Å². The molecule has 0 radical (unpaired) electrons. The molecule has 0 bridgehead atoms. The Labute approximate surface area is 184 Å². The molecule has 1 aliphatic carbocycles. The predicted octanol–water partition coefficient (Wildman–Crippen LogP) is 3.33. The second-order valence-corrected chi connectivity index (χ2v) is 7.90. The summed E-state index contributed by atoms with van der Waals surface area (Å²) in [7, 11) is 0. The highest BCUT2D eigenvalue weighted by Gasteiger charge is 2.29. The van der Waals surface area contributed by atoms with Crippen LogP contribution in [0.1, 0.15) is 46.3 Å². The van der Waals surface area contributed by atoms with Gasteiger partial charge in [-0.3, -0.25) is 9.20 Å². The molecule has 164 valence electrons. The number of nitrogens with zero attached hydrogens (tertiary/aromatic N) is 4. The molecule has 0 spiro atoms. The van der Waals surface area contributed by atoms with Crippen molar-refractivity contribution >= 4 is 17.2 Å². The van der Waals surface area contributed by atoms with E-state index in [0.717, 1.165) is 29.5 Å². The van der Waals surface area contributed by atoms with Crippen molar-refractivity contribution in [2.75, 3.05) is 18.5 Å². The molecule has 32 heavy (non-hydrogen) atoms. The van der Waals surface area contributed by atoms with E-state index in [-0.39, 0.29) is 19.1 Å². The highest BCUT2D eigenvalue weighted by molar-refractivity contribution is 6.04. The van der Waals surface area contributed by atoms with Crippen LogP contribution in [0.4, 0.5) is 5.69 Å². The molecule has 0 saturated heterocycles. The van der Waals surface area contributed by atoms with Crippen LogP contribution in [0, 0.1) is 6.92 Å². The molecule has 1 saturated carbocycles. The van der Waals surface area contributed by atoms with Crippen molar-refractivity contribution in [1.29, 1.82) is 0 Å². The van der Waals surface area contributed by atoms with Crippen molar-refractivity contribution in [3.05, 3.63) is 65.4 Å². The molecule has 0 unspecified atom stereocenters. The van der Waals surface area contributed by atoms with Crippen LogP contribution in [0.3, 0.4) is 0 Å². The lowest BCUT2D eigenvalue weighted by molar-refractivity contribution is 0.0815. The molecular formula is C23H23N5O4. The normalized spacial score (nSPS) is 13.6. The number of nitrogens with one attached hydrogen (secondary N) is 1. The summed E-state index contributed by atoms with van der Waals surface area (Å²) in [4.78, 5) is 21.8. The van der Waals surface area contributed by atoms with Crippen molar-refractivity contribution in [3.63, 3.8) is 0 Å². The third-order valence-corrected chi connectivity index (χ3v) is 5.43. The van der Waals surface area contributed by atoms with Crippen LogP contribution < -0.4 is 5.32 Å². The fourth-order valence-electron chi connectivity index (χ4n) is 3.47. The molecule has 1 fully saturated rings. The summed E-state index contributed by atoms with van der Waals surface area (Å²) in [6.07, 6.45) is 5.51. The lowest BCUT2D eigenvalue weighted by Gasteiger charge is -2.10. The van der Waals surface area contributed by atoms with Gasteiger partial charge < -0.3 is 19.7 Å². The molecule has 5 rings (SSSR count). The second kappa shape index (κ2) is 8.52. The number of hydrogen-bond donors (Lipinski definition) is 2. The summed E-state index contributed by atoms with van der Waals surface area (Å²) in [5.41, 5.74) is 4.36. The van der Waals surface area contributed by atoms with Crippen LogP contribution in [-0.4, -0.2) is 43.8 Å². The third-order valence-electron chi connectivity index (χ3n) is 5.43. The number of aliphatic hydroxyl groups excluding tert-OH is 1. The molecule has 0 atom stereocenters. The largest absolute Gasteiger partial charge is 0.394 e. The number of rotatable bonds is 8. The standard InChI is InChI=1S/C23H23N5O4/c1-14-2-3-17(21-26-23(32-27-21)16-4-5-16)11-18(14)25-22(30)19-12-24-20-10-15(6-7-28(19)20)13-31-9-8-29/h2-3,6-7,10-12,16,29H,4-5,8-9,13H2,1H3,(H,25,30). The van der Waals surface area contributed by atoms with Crippen molar-refractivity contribution in [2.45, 2.75) is 32.3 Å². The Bertz CT molecular complexity index is 1270. The minimum Gasteiger partial charge on any atom is -0.394 e. The molecule has 3 aromatic heterocycles. The minimum atomic E-state index is -0.270. The Morgan fingerprint density at radius 2 is 2.19 bits per heavy atom. The first kappa shape index (κ1) is 20.3. The van der Waals surface area contributed by atoms with Gasteiger partial charge in [0, 0.05) is 23.4 Å². The number of fused-ring (bicyclic) bond motifs is 1. The van der Waals surface area contributed by atoms with Gasteiger partial charge in [0.15, 0.2) is 0 Å². The van der Waals surface area contributed by atoms with Gasteiger partial charge in [-0.05, 0) is 49.1 Å². The van der Waals surface area contributed by atoms with Gasteiger partial charge in [-0.25, -0.2) is 4.98 Å². The van der Waals surface area contributed by atoms with Gasteiger partial charge in [0.05, 0.1) is 26.0 Å². The molecular weight excluding hydrogens is 410 g/mol. The van der Waals surface area contributed by atoms with Crippen LogP contribution in [0.25, 0.3) is 17.0 Å². The van der Waals surface area contributed by atoms with Gasteiger partial charge in [-0.2, -0.15) is 4.98 Å². The van der Waals surface area contributed by atoms with Crippen molar-refractivity contribution in [1.82, 2.24) is 19.5 Å². The first-order valence-corrected chi connectivity index (χ1v) is 10.5.